The molecule has 0 aromatic carbocycles. The average molecular weight is 227 g/mol. The quantitative estimate of drug-likeness (QED) is 0.754. The van der Waals surface area contributed by atoms with E-state index < -0.39 is 0 Å². The van der Waals surface area contributed by atoms with E-state index in [0.29, 0.717) is 0 Å². The van der Waals surface area contributed by atoms with Crippen LogP contribution in [0.2, 0.25) is 0 Å². The number of tetrazole rings is 1. The Bertz CT molecular complexity index is 322. The van der Waals surface area contributed by atoms with Gasteiger partial charge in [0.05, 0.1) is 4.99 Å². The minimum absolute atomic E-state index is 0.274. The normalized spacial score (nSPS) is 12.5. The topological polar surface area (TPSA) is 55.6 Å². The van der Waals surface area contributed by atoms with E-state index in [1.165, 1.54) is 0 Å². The van der Waals surface area contributed by atoms with E-state index in [1.807, 2.05) is 13.8 Å². The number of rotatable bonds is 5. The van der Waals surface area contributed by atoms with Crippen molar-refractivity contribution < 1.29 is 0 Å². The monoisotopic (exact) mass is 227 g/mol. The summed E-state index contributed by atoms with van der Waals surface area (Å²) in [6.07, 6.45) is 0.784. The number of nitrogens with zero attached hydrogens (tertiary/aromatic N) is 4. The van der Waals surface area contributed by atoms with Crippen LogP contribution in [-0.4, -0.2) is 31.7 Å². The van der Waals surface area contributed by atoms with Gasteiger partial charge in [-0.05, 0) is 24.3 Å². The molecular formula is C9H17N5S. The molecule has 0 aliphatic rings. The fraction of sp³-hybridized carbons (Fsp3) is 0.778. The summed E-state index contributed by atoms with van der Waals surface area (Å²) >= 11 is 5.24. The van der Waals surface area contributed by atoms with E-state index in [-0.39, 0.29) is 5.92 Å². The zero-order valence-electron chi connectivity index (χ0n) is 9.40. The molecule has 0 aliphatic heterocycles. The third-order valence-electron chi connectivity index (χ3n) is 2.19. The van der Waals surface area contributed by atoms with Crippen LogP contribution < -0.4 is 5.32 Å². The number of hydrogen-bond acceptors (Lipinski definition) is 4. The number of thiocarbonyl (C=S) groups is 1. The SMILES string of the molecule is CCNC(=S)C(C)Cc1nnnn1CC. The van der Waals surface area contributed by atoms with Crippen molar-refractivity contribution in [2.24, 2.45) is 5.92 Å². The van der Waals surface area contributed by atoms with Crippen molar-refractivity contribution in [1.29, 1.82) is 0 Å². The molecule has 1 rings (SSSR count). The van der Waals surface area contributed by atoms with E-state index in [4.69, 9.17) is 12.2 Å². The maximum absolute atomic E-state index is 5.24. The molecule has 1 unspecified atom stereocenters. The highest BCUT2D eigenvalue weighted by atomic mass is 32.1. The maximum atomic E-state index is 5.24. The minimum atomic E-state index is 0.274. The molecule has 1 atom stereocenters. The first-order valence-corrected chi connectivity index (χ1v) is 5.62. The summed E-state index contributed by atoms with van der Waals surface area (Å²) in [4.78, 5) is 0.878. The van der Waals surface area contributed by atoms with Crippen molar-refractivity contribution in [1.82, 2.24) is 25.5 Å². The largest absolute Gasteiger partial charge is 0.380 e. The van der Waals surface area contributed by atoms with Gasteiger partial charge in [0.25, 0.3) is 0 Å². The Balaban J connectivity index is 2.57. The van der Waals surface area contributed by atoms with Crippen molar-refractivity contribution in [2.45, 2.75) is 33.7 Å². The summed E-state index contributed by atoms with van der Waals surface area (Å²) in [5.41, 5.74) is 0. The lowest BCUT2D eigenvalue weighted by Gasteiger charge is -2.13. The van der Waals surface area contributed by atoms with Gasteiger partial charge in [-0.1, -0.05) is 19.1 Å². The molecule has 1 N–H and O–H groups in total. The minimum Gasteiger partial charge on any atom is -0.380 e. The van der Waals surface area contributed by atoms with Crippen molar-refractivity contribution >= 4 is 17.2 Å². The van der Waals surface area contributed by atoms with E-state index in [9.17, 15) is 0 Å². The van der Waals surface area contributed by atoms with E-state index in [2.05, 4.69) is 27.8 Å². The van der Waals surface area contributed by atoms with Crippen molar-refractivity contribution in [2.75, 3.05) is 6.54 Å². The van der Waals surface area contributed by atoms with Gasteiger partial charge < -0.3 is 5.32 Å². The smallest absolute Gasteiger partial charge is 0.151 e. The van der Waals surface area contributed by atoms with Gasteiger partial charge in [0.15, 0.2) is 5.82 Å². The molecule has 0 saturated carbocycles. The lowest BCUT2D eigenvalue weighted by atomic mass is 10.1. The van der Waals surface area contributed by atoms with Crippen LogP contribution in [0.1, 0.15) is 26.6 Å². The van der Waals surface area contributed by atoms with Crippen LogP contribution in [0, 0.1) is 5.92 Å². The van der Waals surface area contributed by atoms with Gasteiger partial charge in [0, 0.05) is 25.4 Å². The molecule has 0 bridgehead atoms. The first-order chi connectivity index (χ1) is 7.19. The van der Waals surface area contributed by atoms with Crippen molar-refractivity contribution in [3.63, 3.8) is 0 Å². The molecule has 1 heterocycles. The molecule has 0 saturated heterocycles. The third-order valence-corrected chi connectivity index (χ3v) is 2.74. The molecule has 5 nitrogen and oxygen atoms in total. The van der Waals surface area contributed by atoms with E-state index >= 15 is 0 Å². The van der Waals surface area contributed by atoms with Gasteiger partial charge in [0.2, 0.25) is 0 Å². The van der Waals surface area contributed by atoms with Crippen LogP contribution >= 0.6 is 12.2 Å². The van der Waals surface area contributed by atoms with Gasteiger partial charge >= 0.3 is 0 Å². The summed E-state index contributed by atoms with van der Waals surface area (Å²) in [5.74, 6) is 1.17. The first-order valence-electron chi connectivity index (χ1n) is 5.21. The molecule has 6 heteroatoms. The Hall–Kier alpha value is -1.04. The first kappa shape index (κ1) is 12.0. The molecule has 0 amide bonds. The van der Waals surface area contributed by atoms with Gasteiger partial charge in [0.1, 0.15) is 0 Å². The predicted octanol–water partition coefficient (Wildman–Crippen LogP) is 0.808. The van der Waals surface area contributed by atoms with Crippen molar-refractivity contribution in [3.8, 4) is 0 Å². The molecule has 0 fully saturated rings. The molecule has 0 spiro atoms. The molecular weight excluding hydrogens is 210 g/mol. The zero-order valence-corrected chi connectivity index (χ0v) is 10.2. The number of aromatic nitrogens is 4. The molecule has 84 valence electrons. The lowest BCUT2D eigenvalue weighted by molar-refractivity contribution is 0.576. The van der Waals surface area contributed by atoms with Crippen LogP contribution in [0.4, 0.5) is 0 Å². The lowest BCUT2D eigenvalue weighted by Crippen LogP contribution is -2.28. The molecule has 1 aromatic rings. The number of aryl methyl sites for hydroxylation is 1. The fourth-order valence-electron chi connectivity index (χ4n) is 1.33. The predicted molar refractivity (Wildman–Crippen MR) is 62.6 cm³/mol. The molecule has 0 radical (unpaired) electrons. The highest BCUT2D eigenvalue weighted by molar-refractivity contribution is 7.80. The number of nitrogens with one attached hydrogen (secondary N) is 1. The standard InChI is InChI=1S/C9H17N5S/c1-4-10-9(15)7(3)6-8-11-12-13-14(8)5-2/h7H,4-6H2,1-3H3,(H,10,15). The highest BCUT2D eigenvalue weighted by Gasteiger charge is 2.13. The number of hydrogen-bond donors (Lipinski definition) is 1. The summed E-state index contributed by atoms with van der Waals surface area (Å²) in [6.45, 7) is 7.80. The van der Waals surface area contributed by atoms with Crippen molar-refractivity contribution in [3.05, 3.63) is 5.82 Å². The summed E-state index contributed by atoms with van der Waals surface area (Å²) in [5, 5.41) is 14.7. The van der Waals surface area contributed by atoms with E-state index in [0.717, 1.165) is 30.3 Å². The summed E-state index contributed by atoms with van der Waals surface area (Å²) < 4.78 is 1.80. The molecule has 15 heavy (non-hydrogen) atoms. The zero-order chi connectivity index (χ0) is 11.3. The Labute approximate surface area is 95.2 Å². The molecule has 1 aromatic heterocycles. The Morgan fingerprint density at radius 2 is 2.27 bits per heavy atom. The van der Waals surface area contributed by atoms with Gasteiger partial charge in [-0.2, -0.15) is 0 Å². The average Bonchev–Trinajstić information content (AvgIpc) is 2.65. The van der Waals surface area contributed by atoms with Crippen LogP contribution in [0.15, 0.2) is 0 Å². The second kappa shape index (κ2) is 5.75. The Kier molecular flexibility index (Phi) is 4.61. The second-order valence-electron chi connectivity index (χ2n) is 3.41. The molecule has 0 aliphatic carbocycles. The highest BCUT2D eigenvalue weighted by Crippen LogP contribution is 2.06. The van der Waals surface area contributed by atoms with Gasteiger partial charge in [-0.15, -0.1) is 5.10 Å². The Morgan fingerprint density at radius 3 is 2.87 bits per heavy atom. The Morgan fingerprint density at radius 1 is 1.53 bits per heavy atom. The van der Waals surface area contributed by atoms with Crippen LogP contribution in [0.5, 0.6) is 0 Å². The third kappa shape index (κ3) is 3.23. The second-order valence-corrected chi connectivity index (χ2v) is 3.85. The summed E-state index contributed by atoms with van der Waals surface area (Å²) in [7, 11) is 0. The van der Waals surface area contributed by atoms with Crippen LogP contribution in [0.25, 0.3) is 0 Å². The van der Waals surface area contributed by atoms with E-state index in [1.54, 1.807) is 4.68 Å². The van der Waals surface area contributed by atoms with Crippen LogP contribution in [0.3, 0.4) is 0 Å². The maximum Gasteiger partial charge on any atom is 0.151 e. The fourth-order valence-corrected chi connectivity index (χ4v) is 1.56. The summed E-state index contributed by atoms with van der Waals surface area (Å²) in [6, 6.07) is 0. The van der Waals surface area contributed by atoms with Gasteiger partial charge in [-0.3, -0.25) is 0 Å². The van der Waals surface area contributed by atoms with Crippen LogP contribution in [-0.2, 0) is 13.0 Å². The van der Waals surface area contributed by atoms with Gasteiger partial charge in [-0.25, -0.2) is 4.68 Å².